The molecule has 2 nitrogen and oxygen atoms in total. The molecule has 0 amide bonds. The maximum absolute atomic E-state index is 6.14. The molecule has 0 aliphatic heterocycles. The van der Waals surface area contributed by atoms with E-state index in [2.05, 4.69) is 39.5 Å². The number of nitrogens with zero attached hydrogens (tertiary/aromatic N) is 1. The molecule has 1 rings (SSSR count). The highest BCUT2D eigenvalue weighted by molar-refractivity contribution is 4.90. The lowest BCUT2D eigenvalue weighted by Gasteiger charge is -2.46. The Morgan fingerprint density at radius 3 is 2.24 bits per heavy atom. The first-order valence-corrected chi connectivity index (χ1v) is 9.52. The van der Waals surface area contributed by atoms with Crippen LogP contribution in [-0.4, -0.2) is 30.1 Å². The summed E-state index contributed by atoms with van der Waals surface area (Å²) in [6.07, 6.45) is 9.43. The van der Waals surface area contributed by atoms with E-state index in [4.69, 9.17) is 5.73 Å². The molecule has 0 radical (unpaired) electrons. The van der Waals surface area contributed by atoms with E-state index in [-0.39, 0.29) is 0 Å². The van der Waals surface area contributed by atoms with Gasteiger partial charge in [-0.25, -0.2) is 0 Å². The standard InChI is InChI=1S/C19H40N2/c1-6-9-16-10-11-17(13-20)19(12-16)21(14-15(4)5)18(7-2)8-3/h15-19H,6-14,20H2,1-5H3. The van der Waals surface area contributed by atoms with Crippen LogP contribution in [0, 0.1) is 17.8 Å². The zero-order chi connectivity index (χ0) is 15.8. The normalized spacial score (nSPS) is 27.0. The van der Waals surface area contributed by atoms with Crippen LogP contribution >= 0.6 is 0 Å². The van der Waals surface area contributed by atoms with Crippen LogP contribution in [0.4, 0.5) is 0 Å². The Kier molecular flexibility index (Phi) is 8.89. The third-order valence-electron chi connectivity index (χ3n) is 5.48. The van der Waals surface area contributed by atoms with Gasteiger partial charge in [-0.15, -0.1) is 0 Å². The first kappa shape index (κ1) is 19.0. The van der Waals surface area contributed by atoms with Crippen LogP contribution in [0.3, 0.4) is 0 Å². The van der Waals surface area contributed by atoms with Crippen LogP contribution in [0.1, 0.15) is 79.6 Å². The molecule has 0 bridgehead atoms. The van der Waals surface area contributed by atoms with Gasteiger partial charge in [0.2, 0.25) is 0 Å². The topological polar surface area (TPSA) is 29.3 Å². The van der Waals surface area contributed by atoms with Gasteiger partial charge in [-0.05, 0) is 50.0 Å². The minimum absolute atomic E-state index is 0.720. The van der Waals surface area contributed by atoms with Gasteiger partial charge in [0.15, 0.2) is 0 Å². The Bertz CT molecular complexity index is 260. The van der Waals surface area contributed by atoms with Crippen LogP contribution in [0.15, 0.2) is 0 Å². The lowest BCUT2D eigenvalue weighted by atomic mass is 9.75. The van der Waals surface area contributed by atoms with E-state index in [1.165, 1.54) is 51.5 Å². The predicted octanol–water partition coefficient (Wildman–Crippen LogP) is 4.68. The molecule has 0 saturated heterocycles. The lowest BCUT2D eigenvalue weighted by Crippen LogP contribution is -2.52. The largest absolute Gasteiger partial charge is 0.330 e. The van der Waals surface area contributed by atoms with Crippen molar-refractivity contribution in [2.24, 2.45) is 23.5 Å². The van der Waals surface area contributed by atoms with E-state index >= 15 is 0 Å². The number of rotatable bonds is 9. The highest BCUT2D eigenvalue weighted by atomic mass is 15.2. The van der Waals surface area contributed by atoms with Crippen molar-refractivity contribution in [1.82, 2.24) is 4.90 Å². The Balaban J connectivity index is 2.87. The highest BCUT2D eigenvalue weighted by Crippen LogP contribution is 2.36. The molecular weight excluding hydrogens is 256 g/mol. The van der Waals surface area contributed by atoms with Gasteiger partial charge in [0.05, 0.1) is 0 Å². The summed E-state index contributed by atoms with van der Waals surface area (Å²) in [5, 5.41) is 0. The van der Waals surface area contributed by atoms with Crippen LogP contribution in [0.2, 0.25) is 0 Å². The predicted molar refractivity (Wildman–Crippen MR) is 94.5 cm³/mol. The zero-order valence-electron chi connectivity index (χ0n) is 15.3. The summed E-state index contributed by atoms with van der Waals surface area (Å²) in [7, 11) is 0. The molecule has 3 atom stereocenters. The van der Waals surface area contributed by atoms with E-state index in [9.17, 15) is 0 Å². The van der Waals surface area contributed by atoms with Crippen molar-refractivity contribution in [3.05, 3.63) is 0 Å². The molecule has 0 spiro atoms. The fourth-order valence-electron chi connectivity index (χ4n) is 4.38. The Morgan fingerprint density at radius 2 is 1.76 bits per heavy atom. The number of hydrogen-bond donors (Lipinski definition) is 1. The average molecular weight is 297 g/mol. The van der Waals surface area contributed by atoms with Gasteiger partial charge in [0.1, 0.15) is 0 Å². The lowest BCUT2D eigenvalue weighted by molar-refractivity contribution is 0.0322. The van der Waals surface area contributed by atoms with E-state index in [1.54, 1.807) is 0 Å². The van der Waals surface area contributed by atoms with Gasteiger partial charge in [0, 0.05) is 18.6 Å². The Labute approximate surface area is 133 Å². The van der Waals surface area contributed by atoms with Crippen molar-refractivity contribution in [3.63, 3.8) is 0 Å². The second kappa shape index (κ2) is 9.84. The Hall–Kier alpha value is -0.0800. The third kappa shape index (κ3) is 5.56. The molecule has 0 aromatic rings. The van der Waals surface area contributed by atoms with Crippen molar-refractivity contribution in [1.29, 1.82) is 0 Å². The second-order valence-electron chi connectivity index (χ2n) is 7.59. The summed E-state index contributed by atoms with van der Waals surface area (Å²) in [5.74, 6) is 2.40. The quantitative estimate of drug-likeness (QED) is 0.669. The van der Waals surface area contributed by atoms with Crippen LogP contribution < -0.4 is 5.73 Å². The van der Waals surface area contributed by atoms with Gasteiger partial charge in [-0.2, -0.15) is 0 Å². The fraction of sp³-hybridized carbons (Fsp3) is 1.00. The van der Waals surface area contributed by atoms with Gasteiger partial charge in [-0.1, -0.05) is 53.9 Å². The van der Waals surface area contributed by atoms with Crippen LogP contribution in [0.25, 0.3) is 0 Å². The molecule has 1 aliphatic rings. The molecule has 2 N–H and O–H groups in total. The van der Waals surface area contributed by atoms with Crippen molar-refractivity contribution in [2.75, 3.05) is 13.1 Å². The highest BCUT2D eigenvalue weighted by Gasteiger charge is 2.35. The van der Waals surface area contributed by atoms with Gasteiger partial charge < -0.3 is 5.73 Å². The summed E-state index contributed by atoms with van der Waals surface area (Å²) in [4.78, 5) is 2.85. The SMILES string of the molecule is CCCC1CCC(CN)C(N(CC(C)C)C(CC)CC)C1. The zero-order valence-corrected chi connectivity index (χ0v) is 15.3. The summed E-state index contributed by atoms with van der Waals surface area (Å²) in [6.45, 7) is 13.9. The number of hydrogen-bond acceptors (Lipinski definition) is 2. The van der Waals surface area contributed by atoms with Crippen LogP contribution in [-0.2, 0) is 0 Å². The van der Waals surface area contributed by atoms with E-state index in [0.717, 1.165) is 36.4 Å². The maximum atomic E-state index is 6.14. The minimum Gasteiger partial charge on any atom is -0.330 e. The van der Waals surface area contributed by atoms with Crippen molar-refractivity contribution in [2.45, 2.75) is 91.6 Å². The molecule has 3 unspecified atom stereocenters. The third-order valence-corrected chi connectivity index (χ3v) is 5.48. The minimum atomic E-state index is 0.720. The molecule has 1 aliphatic carbocycles. The summed E-state index contributed by atoms with van der Waals surface area (Å²) in [5.41, 5.74) is 6.14. The molecule has 1 saturated carbocycles. The van der Waals surface area contributed by atoms with Gasteiger partial charge in [-0.3, -0.25) is 4.90 Å². The molecule has 2 heteroatoms. The second-order valence-corrected chi connectivity index (χ2v) is 7.59. The fourth-order valence-corrected chi connectivity index (χ4v) is 4.38. The van der Waals surface area contributed by atoms with Crippen molar-refractivity contribution >= 4 is 0 Å². The monoisotopic (exact) mass is 296 g/mol. The summed E-state index contributed by atoms with van der Waals surface area (Å²) >= 11 is 0. The summed E-state index contributed by atoms with van der Waals surface area (Å²) in [6, 6.07) is 1.47. The molecule has 0 heterocycles. The van der Waals surface area contributed by atoms with Gasteiger partial charge >= 0.3 is 0 Å². The van der Waals surface area contributed by atoms with Crippen molar-refractivity contribution < 1.29 is 0 Å². The molecule has 0 aromatic heterocycles. The summed E-state index contributed by atoms with van der Waals surface area (Å²) < 4.78 is 0. The first-order chi connectivity index (χ1) is 10.1. The smallest absolute Gasteiger partial charge is 0.0141 e. The molecular formula is C19H40N2. The number of nitrogens with two attached hydrogens (primary N) is 1. The molecule has 0 aromatic carbocycles. The molecule has 126 valence electrons. The van der Waals surface area contributed by atoms with Crippen LogP contribution in [0.5, 0.6) is 0 Å². The van der Waals surface area contributed by atoms with Crippen molar-refractivity contribution in [3.8, 4) is 0 Å². The van der Waals surface area contributed by atoms with Gasteiger partial charge in [0.25, 0.3) is 0 Å². The molecule has 21 heavy (non-hydrogen) atoms. The maximum Gasteiger partial charge on any atom is 0.0141 e. The van der Waals surface area contributed by atoms with E-state index in [0.29, 0.717) is 0 Å². The first-order valence-electron chi connectivity index (χ1n) is 9.52. The van der Waals surface area contributed by atoms with E-state index in [1.807, 2.05) is 0 Å². The molecule has 1 fully saturated rings. The van der Waals surface area contributed by atoms with E-state index < -0.39 is 0 Å². The average Bonchev–Trinajstić information content (AvgIpc) is 2.47. The Morgan fingerprint density at radius 1 is 1.10 bits per heavy atom.